The van der Waals surface area contributed by atoms with Gasteiger partial charge in [-0.25, -0.2) is 8.42 Å². The van der Waals surface area contributed by atoms with E-state index in [1.54, 1.807) is 0 Å². The molecule has 1 rings (SSSR count). The van der Waals surface area contributed by atoms with Gasteiger partial charge in [-0.2, -0.15) is 0 Å². The minimum atomic E-state index is -3.54. The van der Waals surface area contributed by atoms with Crippen LogP contribution < -0.4 is 0 Å². The Balaban J connectivity index is 3.47. The van der Waals surface area contributed by atoms with Crippen molar-refractivity contribution in [3.63, 3.8) is 0 Å². The average molecular weight is 229 g/mol. The van der Waals surface area contributed by atoms with E-state index in [2.05, 4.69) is 0 Å². The van der Waals surface area contributed by atoms with Gasteiger partial charge in [-0.05, 0) is 6.07 Å². The predicted molar refractivity (Wildman–Crippen MR) is 51.6 cm³/mol. The molecule has 0 bridgehead atoms. The molecule has 0 atom stereocenters. The van der Waals surface area contributed by atoms with Gasteiger partial charge < -0.3 is 0 Å². The molecule has 0 aliphatic heterocycles. The number of benzene rings is 1. The molecule has 6 nitrogen and oxygen atoms in total. The first kappa shape index (κ1) is 11.3. The fourth-order valence-corrected chi connectivity index (χ4v) is 1.93. The van der Waals surface area contributed by atoms with E-state index in [0.717, 1.165) is 24.5 Å². The van der Waals surface area contributed by atoms with Crippen LogP contribution in [0.4, 0.5) is 5.69 Å². The lowest BCUT2D eigenvalue weighted by Gasteiger charge is -2.01. The van der Waals surface area contributed by atoms with Gasteiger partial charge in [0, 0.05) is 24.0 Å². The first-order chi connectivity index (χ1) is 6.86. The summed E-state index contributed by atoms with van der Waals surface area (Å²) in [6.45, 7) is 0. The SMILES string of the molecule is CS(=O)(=O)c1ccc([N+](=O)[O-])cc1C=O. The monoisotopic (exact) mass is 229 g/mol. The fraction of sp³-hybridized carbons (Fsp3) is 0.125. The lowest BCUT2D eigenvalue weighted by atomic mass is 10.2. The predicted octanol–water partition coefficient (Wildman–Crippen LogP) is 0.811. The van der Waals surface area contributed by atoms with E-state index in [4.69, 9.17) is 0 Å². The van der Waals surface area contributed by atoms with Crippen LogP contribution in [0.1, 0.15) is 10.4 Å². The van der Waals surface area contributed by atoms with Gasteiger partial charge in [0.05, 0.1) is 9.82 Å². The first-order valence-corrected chi connectivity index (χ1v) is 5.69. The zero-order chi connectivity index (χ0) is 11.6. The van der Waals surface area contributed by atoms with Crippen molar-refractivity contribution in [2.75, 3.05) is 6.26 Å². The third kappa shape index (κ3) is 2.38. The molecule has 0 fully saturated rings. The van der Waals surface area contributed by atoms with Crippen molar-refractivity contribution in [2.24, 2.45) is 0 Å². The topological polar surface area (TPSA) is 94.3 Å². The third-order valence-corrected chi connectivity index (χ3v) is 2.90. The lowest BCUT2D eigenvalue weighted by molar-refractivity contribution is -0.384. The number of carbonyl (C=O) groups excluding carboxylic acids is 1. The van der Waals surface area contributed by atoms with Crippen molar-refractivity contribution in [2.45, 2.75) is 4.90 Å². The molecule has 0 heterocycles. The zero-order valence-electron chi connectivity index (χ0n) is 7.71. The fourth-order valence-electron chi connectivity index (χ4n) is 1.08. The molecule has 0 radical (unpaired) electrons. The Bertz CT molecular complexity index is 520. The molecule has 0 aliphatic rings. The molecule has 0 aromatic heterocycles. The third-order valence-electron chi connectivity index (χ3n) is 1.73. The number of carbonyl (C=O) groups is 1. The molecule has 1 aromatic carbocycles. The number of nitrogens with zero attached hydrogens (tertiary/aromatic N) is 1. The van der Waals surface area contributed by atoms with Crippen LogP contribution in [-0.2, 0) is 9.84 Å². The van der Waals surface area contributed by atoms with Gasteiger partial charge in [-0.3, -0.25) is 14.9 Å². The highest BCUT2D eigenvalue weighted by Crippen LogP contribution is 2.20. The van der Waals surface area contributed by atoms with E-state index < -0.39 is 14.8 Å². The van der Waals surface area contributed by atoms with Crippen LogP contribution in [0.15, 0.2) is 23.1 Å². The molecule has 7 heteroatoms. The maximum Gasteiger partial charge on any atom is 0.270 e. The highest BCUT2D eigenvalue weighted by Gasteiger charge is 2.16. The molecule has 80 valence electrons. The summed E-state index contributed by atoms with van der Waals surface area (Å²) < 4.78 is 22.3. The number of aldehydes is 1. The highest BCUT2D eigenvalue weighted by molar-refractivity contribution is 7.90. The standard InChI is InChI=1S/C8H7NO5S/c1-15(13,14)8-3-2-7(9(11)12)4-6(8)5-10/h2-5H,1H3. The molecule has 0 N–H and O–H groups in total. The normalized spacial score (nSPS) is 11.0. The summed E-state index contributed by atoms with van der Waals surface area (Å²) in [4.78, 5) is 20.0. The van der Waals surface area contributed by atoms with Gasteiger partial charge in [0.15, 0.2) is 16.1 Å². The quantitative estimate of drug-likeness (QED) is 0.434. The van der Waals surface area contributed by atoms with Crippen molar-refractivity contribution >= 4 is 21.8 Å². The van der Waals surface area contributed by atoms with Crippen LogP contribution in [0.25, 0.3) is 0 Å². The minimum Gasteiger partial charge on any atom is -0.298 e. The average Bonchev–Trinajstić information content (AvgIpc) is 2.15. The van der Waals surface area contributed by atoms with Crippen molar-refractivity contribution in [1.29, 1.82) is 0 Å². The van der Waals surface area contributed by atoms with E-state index in [1.165, 1.54) is 0 Å². The molecule has 15 heavy (non-hydrogen) atoms. The summed E-state index contributed by atoms with van der Waals surface area (Å²) in [5, 5.41) is 10.4. The molecule has 1 aromatic rings. The Morgan fingerprint density at radius 1 is 1.40 bits per heavy atom. The first-order valence-electron chi connectivity index (χ1n) is 3.80. The second kappa shape index (κ2) is 3.77. The maximum absolute atomic E-state index is 11.2. The minimum absolute atomic E-state index is 0.202. The number of rotatable bonds is 3. The summed E-state index contributed by atoms with van der Waals surface area (Å²) in [6, 6.07) is 3.03. The van der Waals surface area contributed by atoms with Crippen molar-refractivity contribution in [3.8, 4) is 0 Å². The Morgan fingerprint density at radius 2 is 2.00 bits per heavy atom. The maximum atomic E-state index is 11.2. The highest BCUT2D eigenvalue weighted by atomic mass is 32.2. The van der Waals surface area contributed by atoms with Gasteiger partial charge in [-0.1, -0.05) is 0 Å². The molecule has 0 saturated heterocycles. The molecule has 0 saturated carbocycles. The van der Waals surface area contributed by atoms with Crippen LogP contribution >= 0.6 is 0 Å². The number of sulfone groups is 1. The van der Waals surface area contributed by atoms with E-state index in [9.17, 15) is 23.3 Å². The summed E-state index contributed by atoms with van der Waals surface area (Å²) >= 11 is 0. The van der Waals surface area contributed by atoms with Crippen LogP contribution in [0.5, 0.6) is 0 Å². The van der Waals surface area contributed by atoms with E-state index >= 15 is 0 Å². The van der Waals surface area contributed by atoms with Gasteiger partial charge in [-0.15, -0.1) is 0 Å². The van der Waals surface area contributed by atoms with Crippen molar-refractivity contribution in [3.05, 3.63) is 33.9 Å². The van der Waals surface area contributed by atoms with Crippen molar-refractivity contribution < 1.29 is 18.1 Å². The zero-order valence-corrected chi connectivity index (χ0v) is 8.52. The van der Waals surface area contributed by atoms with Crippen LogP contribution in [0, 0.1) is 10.1 Å². The van der Waals surface area contributed by atoms with Gasteiger partial charge in [0.25, 0.3) is 5.69 Å². The van der Waals surface area contributed by atoms with Crippen LogP contribution in [0.2, 0.25) is 0 Å². The Labute approximate surface area is 85.6 Å². The number of nitro groups is 1. The van der Waals surface area contributed by atoms with Gasteiger partial charge >= 0.3 is 0 Å². The number of hydrogen-bond donors (Lipinski definition) is 0. The van der Waals surface area contributed by atoms with E-state index in [0.29, 0.717) is 0 Å². The Morgan fingerprint density at radius 3 is 2.40 bits per heavy atom. The Hall–Kier alpha value is -1.76. The summed E-state index contributed by atoms with van der Waals surface area (Å²) in [5.41, 5.74) is -0.517. The van der Waals surface area contributed by atoms with Crippen LogP contribution in [0.3, 0.4) is 0 Å². The second-order valence-electron chi connectivity index (χ2n) is 2.87. The van der Waals surface area contributed by atoms with E-state index in [-0.39, 0.29) is 22.4 Å². The number of nitro benzene ring substituents is 1. The van der Waals surface area contributed by atoms with Crippen molar-refractivity contribution in [1.82, 2.24) is 0 Å². The smallest absolute Gasteiger partial charge is 0.270 e. The molecular formula is C8H7NO5S. The Kier molecular flexibility index (Phi) is 2.85. The van der Waals surface area contributed by atoms with Gasteiger partial charge in [0.2, 0.25) is 0 Å². The van der Waals surface area contributed by atoms with E-state index in [1.807, 2.05) is 0 Å². The lowest BCUT2D eigenvalue weighted by Crippen LogP contribution is -2.02. The summed E-state index contributed by atoms with van der Waals surface area (Å²) in [7, 11) is -3.54. The second-order valence-corrected chi connectivity index (χ2v) is 4.85. The molecule has 0 aliphatic carbocycles. The number of hydrogen-bond acceptors (Lipinski definition) is 5. The summed E-state index contributed by atoms with van der Waals surface area (Å²) in [6.07, 6.45) is 1.21. The molecule has 0 spiro atoms. The summed E-state index contributed by atoms with van der Waals surface area (Å²) in [5.74, 6) is 0. The van der Waals surface area contributed by atoms with Crippen LogP contribution in [-0.4, -0.2) is 25.9 Å². The molecular weight excluding hydrogens is 222 g/mol. The largest absolute Gasteiger partial charge is 0.298 e. The molecule has 0 amide bonds. The van der Waals surface area contributed by atoms with Gasteiger partial charge in [0.1, 0.15) is 0 Å². The molecule has 0 unspecified atom stereocenters. The number of non-ortho nitro benzene ring substituents is 1.